The summed E-state index contributed by atoms with van der Waals surface area (Å²) in [6, 6.07) is 8.57. The van der Waals surface area contributed by atoms with E-state index in [1.165, 1.54) is 5.56 Å². The molecule has 0 radical (unpaired) electrons. The average molecular weight is 230 g/mol. The first-order valence-corrected chi connectivity index (χ1v) is 5.97. The van der Waals surface area contributed by atoms with Gasteiger partial charge in [0, 0.05) is 24.9 Å². The van der Waals surface area contributed by atoms with Crippen LogP contribution in [0.5, 0.6) is 0 Å². The molecule has 0 spiro atoms. The van der Waals surface area contributed by atoms with Crippen molar-refractivity contribution >= 4 is 0 Å². The molecule has 0 aliphatic heterocycles. The van der Waals surface area contributed by atoms with Gasteiger partial charge in [0.2, 0.25) is 0 Å². The second kappa shape index (κ2) is 6.21. The maximum Gasteiger partial charge on any atom is 0.103 e. The predicted octanol–water partition coefficient (Wildman–Crippen LogP) is 2.44. The Morgan fingerprint density at radius 3 is 2.76 bits per heavy atom. The van der Waals surface area contributed by atoms with Gasteiger partial charge < -0.3 is 9.73 Å². The monoisotopic (exact) mass is 230 g/mol. The lowest BCUT2D eigenvalue weighted by molar-refractivity contribution is 0.460. The summed E-state index contributed by atoms with van der Waals surface area (Å²) in [4.78, 5) is 4.03. The van der Waals surface area contributed by atoms with E-state index in [2.05, 4.69) is 22.4 Å². The van der Waals surface area contributed by atoms with E-state index in [9.17, 15) is 0 Å². The van der Waals surface area contributed by atoms with Crippen LogP contribution in [0, 0.1) is 0 Å². The minimum Gasteiger partial charge on any atom is -0.469 e. The summed E-state index contributed by atoms with van der Waals surface area (Å²) in [5, 5.41) is 3.35. The molecule has 0 saturated carbocycles. The number of aromatic nitrogens is 1. The average Bonchev–Trinajstić information content (AvgIpc) is 2.89. The quantitative estimate of drug-likeness (QED) is 0.828. The number of pyridine rings is 1. The van der Waals surface area contributed by atoms with Gasteiger partial charge in [0.1, 0.15) is 5.76 Å². The fourth-order valence-corrected chi connectivity index (χ4v) is 1.92. The molecule has 3 nitrogen and oxygen atoms in total. The topological polar surface area (TPSA) is 38.1 Å². The van der Waals surface area contributed by atoms with Gasteiger partial charge in [0.15, 0.2) is 0 Å². The third-order valence-electron chi connectivity index (χ3n) is 2.96. The van der Waals surface area contributed by atoms with Gasteiger partial charge in [-0.15, -0.1) is 0 Å². The first kappa shape index (κ1) is 11.9. The molecule has 0 aromatic carbocycles. The zero-order chi connectivity index (χ0) is 11.9. The van der Waals surface area contributed by atoms with Crippen molar-refractivity contribution in [3.05, 3.63) is 54.2 Å². The zero-order valence-electron chi connectivity index (χ0n) is 10.1. The highest BCUT2D eigenvalue weighted by molar-refractivity contribution is 5.11. The van der Waals surface area contributed by atoms with Gasteiger partial charge in [0.25, 0.3) is 0 Å². The molecule has 1 N–H and O–H groups in total. The molecule has 1 unspecified atom stereocenters. The van der Waals surface area contributed by atoms with Gasteiger partial charge in [-0.05, 0) is 49.7 Å². The summed E-state index contributed by atoms with van der Waals surface area (Å²) in [5.74, 6) is 1.06. The number of likely N-dealkylation sites (N-methyl/N-ethyl adjacent to an activating group) is 1. The first-order chi connectivity index (χ1) is 8.38. The molecule has 2 heterocycles. The maximum atomic E-state index is 5.34. The molecule has 2 aromatic heterocycles. The summed E-state index contributed by atoms with van der Waals surface area (Å²) in [6.07, 6.45) is 8.49. The van der Waals surface area contributed by atoms with Crippen molar-refractivity contribution in [2.45, 2.75) is 25.3 Å². The third kappa shape index (κ3) is 3.71. The van der Waals surface area contributed by atoms with Crippen molar-refractivity contribution in [1.29, 1.82) is 0 Å². The standard InChI is InChI=1S/C14H18N2O/c1-15-13(4-5-14-3-2-10-17-14)11-12-6-8-16-9-7-12/h2-3,6-10,13,15H,4-5,11H2,1H3. The highest BCUT2D eigenvalue weighted by atomic mass is 16.3. The highest BCUT2D eigenvalue weighted by Crippen LogP contribution is 2.09. The lowest BCUT2D eigenvalue weighted by Crippen LogP contribution is -2.28. The van der Waals surface area contributed by atoms with Crippen molar-refractivity contribution in [2.24, 2.45) is 0 Å². The van der Waals surface area contributed by atoms with Crippen LogP contribution in [-0.2, 0) is 12.8 Å². The first-order valence-electron chi connectivity index (χ1n) is 5.97. The van der Waals surface area contributed by atoms with Crippen LogP contribution >= 0.6 is 0 Å². The summed E-state index contributed by atoms with van der Waals surface area (Å²) in [7, 11) is 2.01. The summed E-state index contributed by atoms with van der Waals surface area (Å²) < 4.78 is 5.34. The normalized spacial score (nSPS) is 12.5. The number of aryl methyl sites for hydroxylation is 1. The Hall–Kier alpha value is -1.61. The number of rotatable bonds is 6. The molecule has 3 heteroatoms. The van der Waals surface area contributed by atoms with Crippen LogP contribution < -0.4 is 5.32 Å². The molecule has 17 heavy (non-hydrogen) atoms. The number of nitrogens with zero attached hydrogens (tertiary/aromatic N) is 1. The van der Waals surface area contributed by atoms with Crippen LogP contribution in [-0.4, -0.2) is 18.1 Å². The van der Waals surface area contributed by atoms with E-state index < -0.39 is 0 Å². The van der Waals surface area contributed by atoms with Crippen molar-refractivity contribution < 1.29 is 4.42 Å². The van der Waals surface area contributed by atoms with E-state index in [4.69, 9.17) is 4.42 Å². The molecular weight excluding hydrogens is 212 g/mol. The van der Waals surface area contributed by atoms with Gasteiger partial charge in [-0.25, -0.2) is 0 Å². The van der Waals surface area contributed by atoms with Crippen LogP contribution in [0.25, 0.3) is 0 Å². The van der Waals surface area contributed by atoms with Crippen LogP contribution in [0.2, 0.25) is 0 Å². The maximum absolute atomic E-state index is 5.34. The van der Waals surface area contributed by atoms with Crippen LogP contribution in [0.15, 0.2) is 47.3 Å². The SMILES string of the molecule is CNC(CCc1ccco1)Cc1ccncc1. The van der Waals surface area contributed by atoms with E-state index in [1.54, 1.807) is 6.26 Å². The number of nitrogens with one attached hydrogen (secondary N) is 1. The molecule has 0 bridgehead atoms. The molecule has 0 saturated heterocycles. The molecule has 2 aromatic rings. The van der Waals surface area contributed by atoms with E-state index in [1.807, 2.05) is 31.6 Å². The molecule has 2 rings (SSSR count). The van der Waals surface area contributed by atoms with Crippen LogP contribution in [0.4, 0.5) is 0 Å². The number of furan rings is 1. The Bertz CT molecular complexity index is 411. The fraction of sp³-hybridized carbons (Fsp3) is 0.357. The fourth-order valence-electron chi connectivity index (χ4n) is 1.92. The molecule has 0 fully saturated rings. The number of hydrogen-bond donors (Lipinski definition) is 1. The van der Waals surface area contributed by atoms with Gasteiger partial charge in [-0.3, -0.25) is 4.98 Å². The van der Waals surface area contributed by atoms with Gasteiger partial charge in [-0.2, -0.15) is 0 Å². The van der Waals surface area contributed by atoms with Gasteiger partial charge in [-0.1, -0.05) is 0 Å². The largest absolute Gasteiger partial charge is 0.469 e. The Morgan fingerprint density at radius 1 is 1.29 bits per heavy atom. The minimum atomic E-state index is 0.475. The second-order valence-corrected chi connectivity index (χ2v) is 4.16. The highest BCUT2D eigenvalue weighted by Gasteiger charge is 2.08. The molecule has 0 amide bonds. The molecule has 1 atom stereocenters. The smallest absolute Gasteiger partial charge is 0.103 e. The molecule has 0 aliphatic rings. The predicted molar refractivity (Wildman–Crippen MR) is 67.8 cm³/mol. The van der Waals surface area contributed by atoms with Crippen LogP contribution in [0.3, 0.4) is 0 Å². The van der Waals surface area contributed by atoms with Gasteiger partial charge in [0.05, 0.1) is 6.26 Å². The van der Waals surface area contributed by atoms with Crippen LogP contribution in [0.1, 0.15) is 17.7 Å². The third-order valence-corrected chi connectivity index (χ3v) is 2.96. The lowest BCUT2D eigenvalue weighted by atomic mass is 10.0. The van der Waals surface area contributed by atoms with Crippen molar-refractivity contribution in [3.63, 3.8) is 0 Å². The van der Waals surface area contributed by atoms with E-state index in [0.29, 0.717) is 6.04 Å². The summed E-state index contributed by atoms with van der Waals surface area (Å²) in [5.41, 5.74) is 1.32. The lowest BCUT2D eigenvalue weighted by Gasteiger charge is -2.15. The zero-order valence-corrected chi connectivity index (χ0v) is 10.1. The van der Waals surface area contributed by atoms with E-state index in [0.717, 1.165) is 25.0 Å². The van der Waals surface area contributed by atoms with Crippen molar-refractivity contribution in [2.75, 3.05) is 7.05 Å². The van der Waals surface area contributed by atoms with Gasteiger partial charge >= 0.3 is 0 Å². The Morgan fingerprint density at radius 2 is 2.12 bits per heavy atom. The molecule has 0 aliphatic carbocycles. The molecule has 90 valence electrons. The Balaban J connectivity index is 1.85. The minimum absolute atomic E-state index is 0.475. The summed E-state index contributed by atoms with van der Waals surface area (Å²) >= 11 is 0. The Kier molecular flexibility index (Phi) is 4.33. The molecular formula is C14H18N2O. The number of hydrogen-bond acceptors (Lipinski definition) is 3. The second-order valence-electron chi connectivity index (χ2n) is 4.16. The Labute approximate surface area is 102 Å². The van der Waals surface area contributed by atoms with Crippen molar-refractivity contribution in [3.8, 4) is 0 Å². The summed E-state index contributed by atoms with van der Waals surface area (Å²) in [6.45, 7) is 0. The van der Waals surface area contributed by atoms with E-state index >= 15 is 0 Å². The van der Waals surface area contributed by atoms with Crippen molar-refractivity contribution in [1.82, 2.24) is 10.3 Å². The van der Waals surface area contributed by atoms with E-state index in [-0.39, 0.29) is 0 Å².